The molecule has 2 atom stereocenters. The highest BCUT2D eigenvalue weighted by molar-refractivity contribution is 5.70. The smallest absolute Gasteiger partial charge is 0.306 e. The largest absolute Gasteiger partial charge is 0.497 e. The Bertz CT molecular complexity index is 452. The van der Waals surface area contributed by atoms with Gasteiger partial charge >= 0.3 is 5.97 Å². The normalized spacial score (nSPS) is 15.7. The predicted octanol–water partition coefficient (Wildman–Crippen LogP) is 2.74. The number of rotatable bonds is 7. The molecule has 2 unspecified atom stereocenters. The number of ether oxygens (including phenoxy) is 1. The van der Waals surface area contributed by atoms with Crippen molar-refractivity contribution in [3.63, 3.8) is 0 Å². The molecule has 0 aliphatic carbocycles. The number of carbonyl (C=O) groups is 1. The zero-order valence-electron chi connectivity index (χ0n) is 12.6. The zero-order valence-corrected chi connectivity index (χ0v) is 12.6. The van der Waals surface area contributed by atoms with Crippen LogP contribution in [0, 0.1) is 11.8 Å². The molecule has 0 amide bonds. The van der Waals surface area contributed by atoms with Crippen molar-refractivity contribution in [2.24, 2.45) is 11.8 Å². The third-order valence-corrected chi connectivity index (χ3v) is 3.87. The molecule has 1 aromatic rings. The molecule has 0 fully saturated rings. The van der Waals surface area contributed by atoms with Crippen molar-refractivity contribution in [2.75, 3.05) is 7.11 Å². The van der Waals surface area contributed by atoms with E-state index in [1.165, 1.54) is 0 Å². The first-order valence-electron chi connectivity index (χ1n) is 6.84. The van der Waals surface area contributed by atoms with Gasteiger partial charge in [-0.2, -0.15) is 0 Å². The van der Waals surface area contributed by atoms with Gasteiger partial charge in [0.05, 0.1) is 18.6 Å². The fourth-order valence-corrected chi connectivity index (χ4v) is 2.07. The Morgan fingerprint density at radius 2 is 2.05 bits per heavy atom. The lowest BCUT2D eigenvalue weighted by Crippen LogP contribution is -2.36. The summed E-state index contributed by atoms with van der Waals surface area (Å²) in [7, 11) is 1.58. The summed E-state index contributed by atoms with van der Waals surface area (Å²) in [5, 5.41) is 19.7. The highest BCUT2D eigenvalue weighted by atomic mass is 16.5. The van der Waals surface area contributed by atoms with Crippen molar-refractivity contribution in [2.45, 2.75) is 39.2 Å². The second-order valence-electron chi connectivity index (χ2n) is 5.81. The van der Waals surface area contributed by atoms with Crippen LogP contribution in [0.1, 0.15) is 32.8 Å². The lowest BCUT2D eigenvalue weighted by atomic mass is 9.81. The molecule has 0 radical (unpaired) electrons. The topological polar surface area (TPSA) is 66.8 Å². The van der Waals surface area contributed by atoms with Crippen molar-refractivity contribution in [1.82, 2.24) is 0 Å². The predicted molar refractivity (Wildman–Crippen MR) is 77.9 cm³/mol. The Kier molecular flexibility index (Phi) is 5.57. The number of aliphatic hydroxyl groups is 1. The minimum Gasteiger partial charge on any atom is -0.497 e. The van der Waals surface area contributed by atoms with Gasteiger partial charge in [0.1, 0.15) is 5.75 Å². The van der Waals surface area contributed by atoms with Gasteiger partial charge in [-0.05, 0) is 43.4 Å². The summed E-state index contributed by atoms with van der Waals surface area (Å²) in [5.41, 5.74) is -0.0848. The Labute approximate surface area is 120 Å². The molecule has 0 spiro atoms. The van der Waals surface area contributed by atoms with Crippen molar-refractivity contribution in [3.05, 3.63) is 29.8 Å². The van der Waals surface area contributed by atoms with Crippen LogP contribution in [0.15, 0.2) is 24.3 Å². The van der Waals surface area contributed by atoms with Gasteiger partial charge < -0.3 is 14.9 Å². The van der Waals surface area contributed by atoms with Gasteiger partial charge in [-0.15, -0.1) is 0 Å². The maximum absolute atomic E-state index is 11.4. The van der Waals surface area contributed by atoms with Crippen LogP contribution in [-0.4, -0.2) is 28.9 Å². The summed E-state index contributed by atoms with van der Waals surface area (Å²) >= 11 is 0. The van der Waals surface area contributed by atoms with Gasteiger partial charge in [0.15, 0.2) is 0 Å². The molecule has 4 heteroatoms. The van der Waals surface area contributed by atoms with Gasteiger partial charge in [0.25, 0.3) is 0 Å². The van der Waals surface area contributed by atoms with Crippen LogP contribution in [0.4, 0.5) is 0 Å². The molecular formula is C16H24O4. The van der Waals surface area contributed by atoms with E-state index in [4.69, 9.17) is 4.74 Å². The number of aliphatic carboxylic acids is 1. The fourth-order valence-electron chi connectivity index (χ4n) is 2.07. The van der Waals surface area contributed by atoms with Crippen molar-refractivity contribution in [3.8, 4) is 5.75 Å². The minimum atomic E-state index is -0.984. The lowest BCUT2D eigenvalue weighted by Gasteiger charge is -2.30. The minimum absolute atomic E-state index is 0.00894. The standard InChI is InChI=1S/C16H24O4/c1-11(2)16(3,19)10-13(15(17)18)8-12-6-5-7-14(9-12)20-4/h5-7,9,11,13,19H,8,10H2,1-4H3,(H,17,18). The van der Waals surface area contributed by atoms with E-state index < -0.39 is 17.5 Å². The third-order valence-electron chi connectivity index (χ3n) is 3.87. The summed E-state index contributed by atoms with van der Waals surface area (Å²) in [5.74, 6) is -0.773. The summed E-state index contributed by atoms with van der Waals surface area (Å²) in [6, 6.07) is 7.37. The molecule has 0 heterocycles. The van der Waals surface area contributed by atoms with Crippen LogP contribution in [0.2, 0.25) is 0 Å². The van der Waals surface area contributed by atoms with E-state index >= 15 is 0 Å². The SMILES string of the molecule is COc1cccc(CC(CC(C)(O)C(C)C)C(=O)O)c1. The quantitative estimate of drug-likeness (QED) is 0.806. The highest BCUT2D eigenvalue weighted by Gasteiger charge is 2.32. The maximum Gasteiger partial charge on any atom is 0.306 e. The summed E-state index contributed by atoms with van der Waals surface area (Å²) in [6.45, 7) is 5.48. The molecule has 0 aliphatic rings. The summed E-state index contributed by atoms with van der Waals surface area (Å²) in [4.78, 5) is 11.4. The van der Waals surface area contributed by atoms with E-state index in [-0.39, 0.29) is 12.3 Å². The van der Waals surface area contributed by atoms with Crippen molar-refractivity contribution in [1.29, 1.82) is 0 Å². The van der Waals surface area contributed by atoms with Crippen LogP contribution in [0.3, 0.4) is 0 Å². The molecule has 0 bridgehead atoms. The average molecular weight is 280 g/mol. The third kappa shape index (κ3) is 4.53. The average Bonchev–Trinajstić information content (AvgIpc) is 2.37. The Morgan fingerprint density at radius 1 is 1.40 bits per heavy atom. The second kappa shape index (κ2) is 6.75. The van der Waals surface area contributed by atoms with Crippen molar-refractivity contribution >= 4 is 5.97 Å². The van der Waals surface area contributed by atoms with Crippen LogP contribution in [-0.2, 0) is 11.2 Å². The first-order chi connectivity index (χ1) is 9.26. The summed E-state index contributed by atoms with van der Waals surface area (Å²) < 4.78 is 5.14. The Hall–Kier alpha value is -1.55. The lowest BCUT2D eigenvalue weighted by molar-refractivity contribution is -0.144. The highest BCUT2D eigenvalue weighted by Crippen LogP contribution is 2.27. The van der Waals surface area contributed by atoms with Gasteiger partial charge in [-0.25, -0.2) is 0 Å². The first-order valence-corrected chi connectivity index (χ1v) is 6.84. The van der Waals surface area contributed by atoms with Gasteiger partial charge in [-0.3, -0.25) is 4.79 Å². The zero-order chi connectivity index (χ0) is 15.3. The fraction of sp³-hybridized carbons (Fsp3) is 0.562. The van der Waals surface area contributed by atoms with Crippen molar-refractivity contribution < 1.29 is 19.7 Å². The maximum atomic E-state index is 11.4. The van der Waals surface area contributed by atoms with E-state index in [0.717, 1.165) is 5.56 Å². The molecule has 1 aromatic carbocycles. The summed E-state index contributed by atoms with van der Waals surface area (Å²) in [6.07, 6.45) is 0.618. The van der Waals surface area contributed by atoms with Crippen LogP contribution >= 0.6 is 0 Å². The van der Waals surface area contributed by atoms with Crippen LogP contribution in [0.5, 0.6) is 5.75 Å². The van der Waals surface area contributed by atoms with Crippen LogP contribution in [0.25, 0.3) is 0 Å². The Morgan fingerprint density at radius 3 is 2.55 bits per heavy atom. The number of benzene rings is 1. The number of carboxylic acid groups (broad SMARTS) is 1. The van der Waals surface area contributed by atoms with Gasteiger partial charge in [0, 0.05) is 0 Å². The van der Waals surface area contributed by atoms with E-state index in [9.17, 15) is 15.0 Å². The van der Waals surface area contributed by atoms with E-state index in [1.54, 1.807) is 14.0 Å². The molecule has 4 nitrogen and oxygen atoms in total. The van der Waals surface area contributed by atoms with Gasteiger partial charge in [-0.1, -0.05) is 26.0 Å². The Balaban J connectivity index is 2.85. The number of methoxy groups -OCH3 is 1. The van der Waals surface area contributed by atoms with Crippen LogP contribution < -0.4 is 4.74 Å². The number of carboxylic acids is 1. The molecule has 2 N–H and O–H groups in total. The monoisotopic (exact) mass is 280 g/mol. The molecular weight excluding hydrogens is 256 g/mol. The molecule has 0 aromatic heterocycles. The van der Waals surface area contributed by atoms with E-state index in [0.29, 0.717) is 12.2 Å². The molecule has 1 rings (SSSR count). The molecule has 112 valence electrons. The molecule has 0 saturated heterocycles. The van der Waals surface area contributed by atoms with Gasteiger partial charge in [0.2, 0.25) is 0 Å². The van der Waals surface area contributed by atoms with E-state index in [2.05, 4.69) is 0 Å². The second-order valence-corrected chi connectivity index (χ2v) is 5.81. The van der Waals surface area contributed by atoms with E-state index in [1.807, 2.05) is 38.1 Å². The first kappa shape index (κ1) is 16.5. The molecule has 20 heavy (non-hydrogen) atoms. The molecule has 0 saturated carbocycles. The number of hydrogen-bond acceptors (Lipinski definition) is 3. The molecule has 0 aliphatic heterocycles. The number of hydrogen-bond donors (Lipinski definition) is 2.